The topological polar surface area (TPSA) is 83.2 Å². The lowest BCUT2D eigenvalue weighted by Crippen LogP contribution is -2.10. The number of nitrogens with zero attached hydrogens (tertiary/aromatic N) is 5. The molecule has 21 heavy (non-hydrogen) atoms. The molecule has 1 saturated carbocycles. The summed E-state index contributed by atoms with van der Waals surface area (Å²) in [6.45, 7) is 0. The van der Waals surface area contributed by atoms with Gasteiger partial charge in [-0.05, 0) is 24.8 Å². The molecule has 3 aromatic rings. The number of nitrogens with one attached hydrogen (secondary N) is 1. The van der Waals surface area contributed by atoms with Gasteiger partial charge in [-0.1, -0.05) is 0 Å². The van der Waals surface area contributed by atoms with E-state index in [4.69, 9.17) is 5.26 Å². The Morgan fingerprint density at radius 3 is 3.14 bits per heavy atom. The molecule has 0 aliphatic heterocycles. The summed E-state index contributed by atoms with van der Waals surface area (Å²) >= 11 is 0. The fraction of sp³-hybridized carbons (Fsp3) is 0.333. The maximum Gasteiger partial charge on any atom is 0.141 e. The first kappa shape index (κ1) is 12.1. The lowest BCUT2D eigenvalue weighted by Gasteiger charge is -2.12. The molecule has 4 rings (SSSR count). The molecule has 0 amide bonds. The van der Waals surface area contributed by atoms with Crippen molar-refractivity contribution in [2.45, 2.75) is 25.3 Å². The van der Waals surface area contributed by atoms with Crippen molar-refractivity contribution in [3.63, 3.8) is 0 Å². The van der Waals surface area contributed by atoms with Gasteiger partial charge in [-0.3, -0.25) is 4.68 Å². The van der Waals surface area contributed by atoms with Crippen LogP contribution in [0.1, 0.15) is 25.3 Å². The zero-order valence-electron chi connectivity index (χ0n) is 11.4. The minimum absolute atomic E-state index is 0.187. The van der Waals surface area contributed by atoms with Crippen LogP contribution < -0.4 is 0 Å². The monoisotopic (exact) mass is 278 g/mol. The van der Waals surface area contributed by atoms with Crippen molar-refractivity contribution >= 4 is 11.0 Å². The average Bonchev–Trinajstić information content (AvgIpc) is 3.02. The molecule has 104 valence electrons. The lowest BCUT2D eigenvalue weighted by molar-refractivity contribution is 0.412. The Kier molecular flexibility index (Phi) is 2.71. The Bertz CT molecular complexity index is 820. The molecule has 0 bridgehead atoms. The zero-order valence-corrected chi connectivity index (χ0v) is 11.4. The Labute approximate surface area is 121 Å². The van der Waals surface area contributed by atoms with Gasteiger partial charge < -0.3 is 4.98 Å². The standard InChI is InChI=1S/C15H14N6/c16-5-3-13(10-1-2-10)21-8-11(7-20-21)14-12-4-6-17-15(12)19-9-18-14/h4,6-10,13H,1-3H2,(H,17,18,19). The molecule has 1 unspecified atom stereocenters. The summed E-state index contributed by atoms with van der Waals surface area (Å²) in [7, 11) is 0. The fourth-order valence-corrected chi connectivity index (χ4v) is 2.79. The molecule has 0 radical (unpaired) electrons. The van der Waals surface area contributed by atoms with Crippen LogP contribution >= 0.6 is 0 Å². The van der Waals surface area contributed by atoms with Crippen LogP contribution in [0.2, 0.25) is 0 Å². The van der Waals surface area contributed by atoms with Crippen LogP contribution in [0.3, 0.4) is 0 Å². The van der Waals surface area contributed by atoms with E-state index in [9.17, 15) is 0 Å². The van der Waals surface area contributed by atoms with Gasteiger partial charge in [0.1, 0.15) is 12.0 Å². The van der Waals surface area contributed by atoms with Gasteiger partial charge in [0.15, 0.2) is 0 Å². The highest BCUT2D eigenvalue weighted by molar-refractivity contribution is 5.89. The van der Waals surface area contributed by atoms with Crippen molar-refractivity contribution in [2.75, 3.05) is 0 Å². The largest absolute Gasteiger partial charge is 0.346 e. The number of hydrogen-bond acceptors (Lipinski definition) is 4. The number of hydrogen-bond donors (Lipinski definition) is 1. The second-order valence-corrected chi connectivity index (χ2v) is 5.44. The second kappa shape index (κ2) is 4.70. The van der Waals surface area contributed by atoms with Gasteiger partial charge >= 0.3 is 0 Å². The Balaban J connectivity index is 1.74. The van der Waals surface area contributed by atoms with E-state index in [1.165, 1.54) is 12.8 Å². The molecule has 1 fully saturated rings. The van der Waals surface area contributed by atoms with Crippen molar-refractivity contribution < 1.29 is 0 Å². The van der Waals surface area contributed by atoms with Crippen LogP contribution in [0.5, 0.6) is 0 Å². The molecule has 1 aliphatic rings. The first-order valence-corrected chi connectivity index (χ1v) is 7.06. The van der Waals surface area contributed by atoms with Gasteiger partial charge in [0.05, 0.1) is 30.4 Å². The molecule has 0 saturated heterocycles. The molecule has 1 atom stereocenters. The maximum absolute atomic E-state index is 9.00. The molecule has 0 aromatic carbocycles. The zero-order chi connectivity index (χ0) is 14.2. The molecule has 1 aliphatic carbocycles. The first-order valence-electron chi connectivity index (χ1n) is 7.06. The Morgan fingerprint density at radius 1 is 1.43 bits per heavy atom. The van der Waals surface area contributed by atoms with E-state index in [1.54, 1.807) is 6.33 Å². The smallest absolute Gasteiger partial charge is 0.141 e. The third-order valence-corrected chi connectivity index (χ3v) is 4.04. The summed E-state index contributed by atoms with van der Waals surface area (Å²) in [5.41, 5.74) is 2.66. The van der Waals surface area contributed by atoms with Crippen molar-refractivity contribution in [1.29, 1.82) is 5.26 Å². The van der Waals surface area contributed by atoms with Gasteiger partial charge in [0.2, 0.25) is 0 Å². The maximum atomic E-state index is 9.00. The van der Waals surface area contributed by atoms with E-state index in [0.717, 1.165) is 22.3 Å². The van der Waals surface area contributed by atoms with E-state index >= 15 is 0 Å². The van der Waals surface area contributed by atoms with Crippen molar-refractivity contribution in [2.24, 2.45) is 5.92 Å². The predicted octanol–water partition coefficient (Wildman–Crippen LogP) is 2.69. The molecule has 3 aromatic heterocycles. The highest BCUT2D eigenvalue weighted by Crippen LogP contribution is 2.41. The highest BCUT2D eigenvalue weighted by atomic mass is 15.3. The normalized spacial score (nSPS) is 16.0. The van der Waals surface area contributed by atoms with Crippen LogP contribution in [0.15, 0.2) is 31.0 Å². The molecule has 3 heterocycles. The summed E-state index contributed by atoms with van der Waals surface area (Å²) in [6, 6.07) is 4.43. The van der Waals surface area contributed by atoms with Crippen molar-refractivity contribution in [3.05, 3.63) is 31.0 Å². The number of fused-ring (bicyclic) bond motifs is 1. The van der Waals surface area contributed by atoms with E-state index < -0.39 is 0 Å². The van der Waals surface area contributed by atoms with Crippen LogP contribution in [-0.4, -0.2) is 24.7 Å². The third-order valence-electron chi connectivity index (χ3n) is 4.04. The van der Waals surface area contributed by atoms with Crippen LogP contribution in [-0.2, 0) is 0 Å². The molecular weight excluding hydrogens is 264 g/mol. The summed E-state index contributed by atoms with van der Waals surface area (Å²) in [5, 5.41) is 14.4. The summed E-state index contributed by atoms with van der Waals surface area (Å²) in [4.78, 5) is 11.7. The Morgan fingerprint density at radius 2 is 2.33 bits per heavy atom. The molecule has 6 nitrogen and oxygen atoms in total. The molecular formula is C15H14N6. The van der Waals surface area contributed by atoms with Gasteiger partial charge in [-0.25, -0.2) is 9.97 Å². The van der Waals surface area contributed by atoms with Crippen LogP contribution in [0.25, 0.3) is 22.3 Å². The minimum atomic E-state index is 0.187. The predicted molar refractivity (Wildman–Crippen MR) is 77.1 cm³/mol. The fourth-order valence-electron chi connectivity index (χ4n) is 2.79. The SMILES string of the molecule is N#CCC(C1CC1)n1cc(-c2ncnc3[nH]ccc23)cn1. The summed E-state index contributed by atoms with van der Waals surface area (Å²) in [5.74, 6) is 0.593. The van der Waals surface area contributed by atoms with Gasteiger partial charge in [-0.15, -0.1) is 0 Å². The Hall–Kier alpha value is -2.68. The van der Waals surface area contributed by atoms with Crippen molar-refractivity contribution in [1.82, 2.24) is 24.7 Å². The number of nitriles is 1. The second-order valence-electron chi connectivity index (χ2n) is 5.44. The van der Waals surface area contributed by atoms with Gasteiger partial charge in [0, 0.05) is 23.3 Å². The average molecular weight is 278 g/mol. The summed E-state index contributed by atoms with van der Waals surface area (Å²) < 4.78 is 1.93. The number of H-pyrrole nitrogens is 1. The van der Waals surface area contributed by atoms with Gasteiger partial charge in [-0.2, -0.15) is 10.4 Å². The highest BCUT2D eigenvalue weighted by Gasteiger charge is 2.33. The molecule has 6 heteroatoms. The number of rotatable bonds is 4. The van der Waals surface area contributed by atoms with Crippen LogP contribution in [0, 0.1) is 17.2 Å². The number of aromatic nitrogens is 5. The van der Waals surface area contributed by atoms with Crippen molar-refractivity contribution in [3.8, 4) is 17.3 Å². The lowest BCUT2D eigenvalue weighted by atomic mass is 10.1. The first-order chi connectivity index (χ1) is 10.4. The van der Waals surface area contributed by atoms with E-state index in [2.05, 4.69) is 26.1 Å². The quantitative estimate of drug-likeness (QED) is 0.795. The number of aromatic amines is 1. The molecule has 0 spiro atoms. The van der Waals surface area contributed by atoms with Crippen LogP contribution in [0.4, 0.5) is 0 Å². The van der Waals surface area contributed by atoms with Gasteiger partial charge in [0.25, 0.3) is 0 Å². The van der Waals surface area contributed by atoms with E-state index in [-0.39, 0.29) is 6.04 Å². The summed E-state index contributed by atoms with van der Waals surface area (Å²) in [6.07, 6.45) is 10.1. The third kappa shape index (κ3) is 2.07. The van der Waals surface area contributed by atoms with E-state index in [0.29, 0.717) is 12.3 Å². The minimum Gasteiger partial charge on any atom is -0.346 e. The molecule has 1 N–H and O–H groups in total. The van der Waals surface area contributed by atoms with E-state index in [1.807, 2.05) is 29.3 Å².